The van der Waals surface area contributed by atoms with Gasteiger partial charge in [-0.1, -0.05) is 12.1 Å². The van der Waals surface area contributed by atoms with E-state index < -0.39 is 0 Å². The van der Waals surface area contributed by atoms with E-state index in [0.717, 1.165) is 47.8 Å². The zero-order valence-electron chi connectivity index (χ0n) is 15.2. The number of benzene rings is 2. The molecule has 1 aromatic heterocycles. The molecule has 0 saturated carbocycles. The molecule has 2 aromatic carbocycles. The number of carbonyl (C=O) groups excluding carboxylic acids is 1. The predicted molar refractivity (Wildman–Crippen MR) is 103 cm³/mol. The van der Waals surface area contributed by atoms with Gasteiger partial charge in [0.2, 0.25) is 0 Å². The molecular formula is C21H22FN3O2. The Kier molecular flexibility index (Phi) is 4.92. The number of hydrogen-bond acceptors (Lipinski definition) is 3. The Morgan fingerprint density at radius 1 is 1.19 bits per heavy atom. The van der Waals surface area contributed by atoms with Crippen LogP contribution in [0.2, 0.25) is 0 Å². The van der Waals surface area contributed by atoms with E-state index >= 15 is 0 Å². The van der Waals surface area contributed by atoms with Crippen LogP contribution in [0.5, 0.6) is 0 Å². The van der Waals surface area contributed by atoms with Gasteiger partial charge in [-0.25, -0.2) is 9.87 Å². The molecule has 0 bridgehead atoms. The fourth-order valence-electron chi connectivity index (χ4n) is 3.66. The summed E-state index contributed by atoms with van der Waals surface area (Å²) in [6.45, 7) is 1.15. The molecule has 3 N–H and O–H groups in total. The van der Waals surface area contributed by atoms with Gasteiger partial charge in [0.1, 0.15) is 12.4 Å². The van der Waals surface area contributed by atoms with Gasteiger partial charge in [0.15, 0.2) is 0 Å². The van der Waals surface area contributed by atoms with Gasteiger partial charge in [0, 0.05) is 22.0 Å². The zero-order valence-corrected chi connectivity index (χ0v) is 15.2. The van der Waals surface area contributed by atoms with E-state index in [0.29, 0.717) is 16.8 Å². The molecule has 0 spiro atoms. The van der Waals surface area contributed by atoms with Crippen molar-refractivity contribution in [3.05, 3.63) is 58.9 Å². The number of unbranched alkanes of at least 4 members (excludes halogenated alkanes) is 1. The normalized spacial score (nSPS) is 13.6. The summed E-state index contributed by atoms with van der Waals surface area (Å²) in [6.07, 6.45) is 2.93. The first-order valence-electron chi connectivity index (χ1n) is 9.18. The minimum absolute atomic E-state index is 0.184. The number of H-pyrrole nitrogens is 1. The minimum atomic E-state index is -0.290. The second-order valence-electron chi connectivity index (χ2n) is 6.80. The van der Waals surface area contributed by atoms with Crippen LogP contribution in [0.4, 0.5) is 4.39 Å². The Balaban J connectivity index is 1.71. The summed E-state index contributed by atoms with van der Waals surface area (Å²) in [5.74, 6) is -0.559. The number of rotatable bonds is 6. The number of amides is 1. The smallest absolute Gasteiger partial charge is 0.275 e. The molecule has 1 amide bonds. The maximum Gasteiger partial charge on any atom is 0.275 e. The highest BCUT2D eigenvalue weighted by Crippen LogP contribution is 2.35. The van der Waals surface area contributed by atoms with Crippen molar-refractivity contribution in [1.82, 2.24) is 15.8 Å². The highest BCUT2D eigenvalue weighted by Gasteiger charge is 2.24. The van der Waals surface area contributed by atoms with E-state index in [1.165, 1.54) is 0 Å². The number of hydrogen-bond donors (Lipinski definition) is 3. The monoisotopic (exact) mass is 367 g/mol. The van der Waals surface area contributed by atoms with Gasteiger partial charge in [0.25, 0.3) is 5.91 Å². The number of aryl methyl sites for hydroxylation is 1. The molecule has 0 saturated heterocycles. The predicted octanol–water partition coefficient (Wildman–Crippen LogP) is 3.69. The van der Waals surface area contributed by atoms with Gasteiger partial charge in [-0.15, -0.1) is 0 Å². The van der Waals surface area contributed by atoms with Crippen molar-refractivity contribution in [3.63, 3.8) is 0 Å². The Morgan fingerprint density at radius 2 is 2.07 bits per heavy atom. The molecule has 0 aliphatic carbocycles. The summed E-state index contributed by atoms with van der Waals surface area (Å²) in [4.78, 5) is 20.7. The number of hydroxylamine groups is 1. The van der Waals surface area contributed by atoms with Crippen molar-refractivity contribution in [1.29, 1.82) is 0 Å². The van der Waals surface area contributed by atoms with Crippen LogP contribution in [0.1, 0.15) is 34.3 Å². The molecule has 0 unspecified atom stereocenters. The van der Waals surface area contributed by atoms with Crippen molar-refractivity contribution in [3.8, 4) is 11.3 Å². The van der Waals surface area contributed by atoms with Crippen LogP contribution in [0.25, 0.3) is 22.2 Å². The van der Waals surface area contributed by atoms with Gasteiger partial charge >= 0.3 is 0 Å². The quantitative estimate of drug-likeness (QED) is 0.582. The third-order valence-electron chi connectivity index (χ3n) is 5.00. The molecule has 6 heteroatoms. The molecule has 1 aliphatic rings. The van der Waals surface area contributed by atoms with Crippen LogP contribution >= 0.6 is 0 Å². The average Bonchev–Trinajstić information content (AvgIpc) is 2.94. The summed E-state index contributed by atoms with van der Waals surface area (Å²) in [5.41, 5.74) is 6.68. The lowest BCUT2D eigenvalue weighted by Crippen LogP contribution is -2.21. The SMILES string of the molecule is CNCCCCc1ccc(-c2[nH]c3cccc4c3c2CONC4=O)c(F)c1. The van der Waals surface area contributed by atoms with E-state index in [4.69, 9.17) is 4.84 Å². The lowest BCUT2D eigenvalue weighted by atomic mass is 10.00. The summed E-state index contributed by atoms with van der Waals surface area (Å²) in [5, 5.41) is 3.91. The lowest BCUT2D eigenvalue weighted by molar-refractivity contribution is 0.0256. The zero-order chi connectivity index (χ0) is 18.8. The van der Waals surface area contributed by atoms with Crippen LogP contribution in [-0.2, 0) is 17.9 Å². The van der Waals surface area contributed by atoms with Gasteiger partial charge in [0.05, 0.1) is 11.3 Å². The fraction of sp³-hybridized carbons (Fsp3) is 0.286. The molecule has 1 aliphatic heterocycles. The van der Waals surface area contributed by atoms with Crippen LogP contribution in [0, 0.1) is 5.82 Å². The Bertz CT molecular complexity index is 997. The summed E-state index contributed by atoms with van der Waals surface area (Å²) in [6, 6.07) is 10.8. The van der Waals surface area contributed by atoms with E-state index in [1.807, 2.05) is 25.2 Å². The van der Waals surface area contributed by atoms with E-state index in [9.17, 15) is 9.18 Å². The lowest BCUT2D eigenvalue weighted by Gasteiger charge is -2.08. The largest absolute Gasteiger partial charge is 0.354 e. The second-order valence-corrected chi connectivity index (χ2v) is 6.80. The van der Waals surface area contributed by atoms with E-state index in [2.05, 4.69) is 15.8 Å². The van der Waals surface area contributed by atoms with Crippen molar-refractivity contribution in [2.45, 2.75) is 25.9 Å². The maximum atomic E-state index is 14.9. The van der Waals surface area contributed by atoms with Crippen LogP contribution in [0.15, 0.2) is 36.4 Å². The van der Waals surface area contributed by atoms with Crippen molar-refractivity contribution in [2.75, 3.05) is 13.6 Å². The van der Waals surface area contributed by atoms with Crippen LogP contribution in [-0.4, -0.2) is 24.5 Å². The first kappa shape index (κ1) is 17.7. The first-order valence-corrected chi connectivity index (χ1v) is 9.18. The molecule has 4 rings (SSSR count). The number of nitrogens with one attached hydrogen (secondary N) is 3. The van der Waals surface area contributed by atoms with Gasteiger partial charge in [-0.2, -0.15) is 0 Å². The van der Waals surface area contributed by atoms with E-state index in [1.54, 1.807) is 18.2 Å². The Morgan fingerprint density at radius 3 is 2.89 bits per heavy atom. The first-order chi connectivity index (χ1) is 13.2. The van der Waals surface area contributed by atoms with Crippen LogP contribution in [0.3, 0.4) is 0 Å². The molecule has 140 valence electrons. The maximum absolute atomic E-state index is 14.9. The highest BCUT2D eigenvalue weighted by molar-refractivity contribution is 6.09. The standard InChI is InChI=1S/C21H22FN3O2/c1-23-10-3-2-5-13-8-9-14(17(22)11-13)20-16-12-27-25-21(26)15-6-4-7-18(24-20)19(15)16/h4,6-9,11,23-24H,2-3,5,10,12H2,1H3,(H,25,26). The topological polar surface area (TPSA) is 66.2 Å². The van der Waals surface area contributed by atoms with E-state index in [-0.39, 0.29) is 18.3 Å². The third kappa shape index (κ3) is 3.34. The Hall–Kier alpha value is -2.70. The number of halogens is 1. The molecule has 5 nitrogen and oxygen atoms in total. The molecule has 2 heterocycles. The molecule has 0 fully saturated rings. The summed E-state index contributed by atoms with van der Waals surface area (Å²) >= 11 is 0. The van der Waals surface area contributed by atoms with Crippen molar-refractivity contribution >= 4 is 16.8 Å². The van der Waals surface area contributed by atoms with Crippen molar-refractivity contribution < 1.29 is 14.0 Å². The Labute approximate surface area is 156 Å². The molecule has 0 radical (unpaired) electrons. The van der Waals surface area contributed by atoms with Crippen molar-refractivity contribution in [2.24, 2.45) is 0 Å². The summed E-state index contributed by atoms with van der Waals surface area (Å²) < 4.78 is 14.9. The number of carbonyl (C=O) groups is 1. The molecule has 3 aromatic rings. The fourth-order valence-corrected chi connectivity index (χ4v) is 3.66. The van der Waals surface area contributed by atoms with Crippen LogP contribution < -0.4 is 10.8 Å². The highest BCUT2D eigenvalue weighted by atomic mass is 19.1. The minimum Gasteiger partial charge on any atom is -0.354 e. The van der Waals surface area contributed by atoms with Gasteiger partial charge in [-0.05, 0) is 62.7 Å². The van der Waals surface area contributed by atoms with Gasteiger partial charge < -0.3 is 10.3 Å². The third-order valence-corrected chi connectivity index (χ3v) is 5.00. The molecule has 0 atom stereocenters. The molecule has 27 heavy (non-hydrogen) atoms. The average molecular weight is 367 g/mol. The van der Waals surface area contributed by atoms with Gasteiger partial charge in [-0.3, -0.25) is 9.63 Å². The molecular weight excluding hydrogens is 345 g/mol. The summed E-state index contributed by atoms with van der Waals surface area (Å²) in [7, 11) is 1.93. The number of aromatic amines is 1. The second kappa shape index (κ2) is 7.50. The number of aromatic nitrogens is 1.